The molecule has 0 fully saturated rings. The number of benzene rings is 2. The molecule has 0 aliphatic heterocycles. The Hall–Kier alpha value is -1.92. The van der Waals surface area contributed by atoms with Gasteiger partial charge in [0.2, 0.25) is 0 Å². The number of halogens is 2. The third-order valence-corrected chi connectivity index (χ3v) is 5.63. The van der Waals surface area contributed by atoms with Crippen LogP contribution in [0.3, 0.4) is 0 Å². The quantitative estimate of drug-likeness (QED) is 0.514. The summed E-state index contributed by atoms with van der Waals surface area (Å²) in [5.41, 5.74) is 1.52. The van der Waals surface area contributed by atoms with Crippen LogP contribution >= 0.6 is 34.5 Å². The number of carbonyl (C=O) groups is 1. The number of hydrogen-bond donors (Lipinski definition) is 0. The van der Waals surface area contributed by atoms with Gasteiger partial charge >= 0.3 is 0 Å². The molecule has 0 radical (unpaired) electrons. The van der Waals surface area contributed by atoms with Crippen LogP contribution in [0.25, 0.3) is 16.3 Å². The largest absolute Gasteiger partial charge is 0.308 e. The van der Waals surface area contributed by atoms with Crippen molar-refractivity contribution >= 4 is 61.9 Å². The fourth-order valence-electron chi connectivity index (χ4n) is 2.48. The number of aromatic nitrogens is 1. The van der Waals surface area contributed by atoms with Crippen molar-refractivity contribution in [3.63, 3.8) is 0 Å². The molecule has 4 nitrogen and oxygen atoms in total. The Morgan fingerprint density at radius 2 is 1.81 bits per heavy atom. The van der Waals surface area contributed by atoms with Crippen LogP contribution in [0.4, 0.5) is 5.13 Å². The van der Waals surface area contributed by atoms with Gasteiger partial charge in [0.05, 0.1) is 9.72 Å². The molecule has 0 saturated carbocycles. The zero-order chi connectivity index (χ0) is 19.4. The smallest absolute Gasteiger partial charge is 0.252 e. The van der Waals surface area contributed by atoms with Gasteiger partial charge in [0, 0.05) is 24.2 Å². The van der Waals surface area contributed by atoms with Crippen LogP contribution in [0.2, 0.25) is 10.0 Å². The van der Waals surface area contributed by atoms with Gasteiger partial charge < -0.3 is 4.90 Å². The van der Waals surface area contributed by atoms with Gasteiger partial charge in [-0.15, -0.1) is 0 Å². The maximum absolute atomic E-state index is 12.9. The van der Waals surface area contributed by atoms with Crippen molar-refractivity contribution in [1.82, 2.24) is 9.88 Å². The first kappa shape index (κ1) is 19.8. The minimum absolute atomic E-state index is 0.146. The van der Waals surface area contributed by atoms with Crippen molar-refractivity contribution < 1.29 is 4.79 Å². The topological polar surface area (TPSA) is 36.4 Å². The molecular formula is C20H19Cl2N3OS. The number of fused-ring (bicyclic) bond motifs is 1. The fraction of sp³-hybridized carbons (Fsp3) is 0.200. The predicted molar refractivity (Wildman–Crippen MR) is 116 cm³/mol. The van der Waals surface area contributed by atoms with Crippen molar-refractivity contribution in [1.29, 1.82) is 0 Å². The van der Waals surface area contributed by atoms with Gasteiger partial charge in [-0.3, -0.25) is 9.69 Å². The van der Waals surface area contributed by atoms with E-state index in [-0.39, 0.29) is 5.91 Å². The fourth-order valence-corrected chi connectivity index (χ4v) is 3.98. The number of likely N-dealkylation sites (N-methyl/N-ethyl adjacent to an activating group) is 1. The van der Waals surface area contributed by atoms with Crippen molar-refractivity contribution in [3.05, 3.63) is 64.1 Å². The van der Waals surface area contributed by atoms with Gasteiger partial charge in [-0.05, 0) is 43.9 Å². The molecular weight excluding hydrogens is 401 g/mol. The molecule has 0 atom stereocenters. The van der Waals surface area contributed by atoms with E-state index < -0.39 is 0 Å². The lowest BCUT2D eigenvalue weighted by Crippen LogP contribution is -2.35. The third kappa shape index (κ3) is 4.87. The monoisotopic (exact) mass is 419 g/mol. The Bertz CT molecular complexity index is 984. The lowest BCUT2D eigenvalue weighted by Gasteiger charge is -2.20. The Labute approximate surface area is 172 Å². The van der Waals surface area contributed by atoms with E-state index in [1.54, 1.807) is 23.1 Å². The first-order chi connectivity index (χ1) is 13.0. The summed E-state index contributed by atoms with van der Waals surface area (Å²) in [6, 6.07) is 13.0. The average molecular weight is 420 g/mol. The molecule has 140 valence electrons. The number of nitrogens with zero attached hydrogens (tertiary/aromatic N) is 3. The standard InChI is InChI=1S/C20H19Cl2N3OS/c1-24(2)12-13-25(18(26)11-10-14-6-3-4-7-15(14)21)20-23-19-16(22)8-5-9-17(19)27-20/h3-11H,12-13H2,1-2H3. The summed E-state index contributed by atoms with van der Waals surface area (Å²) >= 11 is 13.9. The lowest BCUT2D eigenvalue weighted by atomic mass is 10.2. The molecule has 1 heterocycles. The molecule has 27 heavy (non-hydrogen) atoms. The molecule has 0 spiro atoms. The number of rotatable bonds is 6. The number of hydrogen-bond acceptors (Lipinski definition) is 4. The van der Waals surface area contributed by atoms with Crippen LogP contribution in [0, 0.1) is 0 Å². The van der Waals surface area contributed by atoms with Gasteiger partial charge in [-0.25, -0.2) is 4.98 Å². The summed E-state index contributed by atoms with van der Waals surface area (Å²) < 4.78 is 0.954. The maximum Gasteiger partial charge on any atom is 0.252 e. The second-order valence-corrected chi connectivity index (χ2v) is 8.05. The highest BCUT2D eigenvalue weighted by molar-refractivity contribution is 7.22. The Morgan fingerprint density at radius 3 is 2.52 bits per heavy atom. The molecule has 1 amide bonds. The van der Waals surface area contributed by atoms with Gasteiger partial charge in [0.1, 0.15) is 5.52 Å². The first-order valence-electron chi connectivity index (χ1n) is 8.39. The second-order valence-electron chi connectivity index (χ2n) is 6.23. The zero-order valence-corrected chi connectivity index (χ0v) is 17.4. The second kappa shape index (κ2) is 8.85. The van der Waals surface area contributed by atoms with Gasteiger partial charge in [0.15, 0.2) is 5.13 Å². The molecule has 7 heteroatoms. The Morgan fingerprint density at radius 1 is 1.07 bits per heavy atom. The van der Waals surface area contributed by atoms with E-state index in [0.29, 0.717) is 21.7 Å². The lowest BCUT2D eigenvalue weighted by molar-refractivity contribution is -0.114. The highest BCUT2D eigenvalue weighted by atomic mass is 35.5. The molecule has 3 rings (SSSR count). The van der Waals surface area contributed by atoms with E-state index in [1.807, 2.05) is 49.3 Å². The van der Waals surface area contributed by atoms with E-state index in [9.17, 15) is 4.79 Å². The zero-order valence-electron chi connectivity index (χ0n) is 15.0. The van der Waals surface area contributed by atoms with Gasteiger partial charge in [-0.1, -0.05) is 58.8 Å². The van der Waals surface area contributed by atoms with E-state index in [1.165, 1.54) is 17.4 Å². The molecule has 3 aromatic rings. The molecule has 1 aromatic heterocycles. The van der Waals surface area contributed by atoms with Crippen molar-refractivity contribution in [2.45, 2.75) is 0 Å². The van der Waals surface area contributed by atoms with E-state index >= 15 is 0 Å². The Balaban J connectivity index is 1.91. The summed E-state index contributed by atoms with van der Waals surface area (Å²) in [5, 5.41) is 1.82. The van der Waals surface area contributed by atoms with Crippen LogP contribution in [-0.4, -0.2) is 43.0 Å². The van der Waals surface area contributed by atoms with E-state index in [4.69, 9.17) is 23.2 Å². The van der Waals surface area contributed by atoms with Crippen LogP contribution in [0.1, 0.15) is 5.56 Å². The SMILES string of the molecule is CN(C)CCN(C(=O)C=Cc1ccccc1Cl)c1nc2c(Cl)cccc2s1. The summed E-state index contributed by atoms with van der Waals surface area (Å²) in [7, 11) is 3.94. The maximum atomic E-state index is 12.9. The molecule has 0 unspecified atom stereocenters. The number of thiazole rings is 1. The minimum atomic E-state index is -0.146. The molecule has 0 saturated heterocycles. The third-order valence-electron chi connectivity index (χ3n) is 3.94. The van der Waals surface area contributed by atoms with Crippen LogP contribution in [-0.2, 0) is 4.79 Å². The summed E-state index contributed by atoms with van der Waals surface area (Å²) in [5.74, 6) is -0.146. The summed E-state index contributed by atoms with van der Waals surface area (Å²) in [6.07, 6.45) is 3.26. The highest BCUT2D eigenvalue weighted by Gasteiger charge is 2.19. The van der Waals surface area contributed by atoms with Crippen LogP contribution in [0.15, 0.2) is 48.5 Å². The van der Waals surface area contributed by atoms with Crippen LogP contribution < -0.4 is 4.90 Å². The number of anilines is 1. The van der Waals surface area contributed by atoms with Crippen LogP contribution in [0.5, 0.6) is 0 Å². The summed E-state index contributed by atoms with van der Waals surface area (Å²) in [6.45, 7) is 1.24. The van der Waals surface area contributed by atoms with E-state index in [0.717, 1.165) is 22.3 Å². The minimum Gasteiger partial charge on any atom is -0.308 e. The van der Waals surface area contributed by atoms with Crippen molar-refractivity contribution in [2.24, 2.45) is 0 Å². The average Bonchev–Trinajstić information content (AvgIpc) is 3.06. The molecule has 0 aliphatic carbocycles. The van der Waals surface area contributed by atoms with E-state index in [2.05, 4.69) is 4.98 Å². The Kier molecular flexibility index (Phi) is 6.50. The highest BCUT2D eigenvalue weighted by Crippen LogP contribution is 2.33. The van der Waals surface area contributed by atoms with Gasteiger partial charge in [-0.2, -0.15) is 0 Å². The number of para-hydroxylation sites is 1. The molecule has 0 N–H and O–H groups in total. The first-order valence-corrected chi connectivity index (χ1v) is 9.97. The van der Waals surface area contributed by atoms with Gasteiger partial charge in [0.25, 0.3) is 5.91 Å². The van der Waals surface area contributed by atoms with Crippen molar-refractivity contribution in [3.8, 4) is 0 Å². The molecule has 2 aromatic carbocycles. The molecule has 0 aliphatic rings. The van der Waals surface area contributed by atoms with Crippen molar-refractivity contribution in [2.75, 3.05) is 32.1 Å². The molecule has 0 bridgehead atoms. The number of carbonyl (C=O) groups excluding carboxylic acids is 1. The normalized spacial score (nSPS) is 11.6. The number of amides is 1. The predicted octanol–water partition coefficient (Wildman–Crippen LogP) is 5.21. The summed E-state index contributed by atoms with van der Waals surface area (Å²) in [4.78, 5) is 21.2.